The average Bonchev–Trinajstić information content (AvgIpc) is 2.75. The molecule has 4 nitrogen and oxygen atoms in total. The van der Waals surface area contributed by atoms with Crippen LogP contribution in [0.2, 0.25) is 5.02 Å². The van der Waals surface area contributed by atoms with Crippen molar-refractivity contribution in [2.24, 2.45) is 0 Å². The standard InChI is InChI=1S/C24H17ClFIN2O2/c1-15-19(25)6-4-8-22(15)29-24(30)18(13-28)11-16-9-10-23(21(27)12-16)31-14-17-5-2-3-7-20(17)26/h2-12H,14H2,1H3,(H,29,30)/b18-11-. The molecule has 31 heavy (non-hydrogen) atoms. The van der Waals surface area contributed by atoms with Gasteiger partial charge in [0.05, 0.1) is 3.57 Å². The highest BCUT2D eigenvalue weighted by Crippen LogP contribution is 2.26. The Labute approximate surface area is 198 Å². The highest BCUT2D eigenvalue weighted by Gasteiger charge is 2.13. The quantitative estimate of drug-likeness (QED) is 0.218. The third-order valence-electron chi connectivity index (χ3n) is 4.49. The molecule has 0 saturated heterocycles. The number of nitrogens with zero attached hydrogens (tertiary/aromatic N) is 1. The van der Waals surface area contributed by atoms with Crippen molar-refractivity contribution in [3.63, 3.8) is 0 Å². The fourth-order valence-corrected chi connectivity index (χ4v) is 3.61. The first-order chi connectivity index (χ1) is 14.9. The summed E-state index contributed by atoms with van der Waals surface area (Å²) in [6.45, 7) is 1.89. The van der Waals surface area contributed by atoms with Crippen molar-refractivity contribution in [1.82, 2.24) is 0 Å². The van der Waals surface area contributed by atoms with Gasteiger partial charge in [0.2, 0.25) is 0 Å². The number of hydrogen-bond donors (Lipinski definition) is 1. The SMILES string of the molecule is Cc1c(Cl)cccc1NC(=O)/C(C#N)=C\c1ccc(OCc2ccccc2F)c(I)c1. The highest BCUT2D eigenvalue weighted by molar-refractivity contribution is 14.1. The molecule has 3 rings (SSSR count). The Kier molecular flexibility index (Phi) is 7.66. The third-order valence-corrected chi connectivity index (χ3v) is 5.74. The van der Waals surface area contributed by atoms with Gasteiger partial charge < -0.3 is 10.1 Å². The number of nitrogens with one attached hydrogen (secondary N) is 1. The molecule has 0 unspecified atom stereocenters. The van der Waals surface area contributed by atoms with Gasteiger partial charge in [-0.05, 0) is 77.0 Å². The Balaban J connectivity index is 1.74. The van der Waals surface area contributed by atoms with Gasteiger partial charge in [-0.15, -0.1) is 0 Å². The van der Waals surface area contributed by atoms with Crippen molar-refractivity contribution in [3.8, 4) is 11.8 Å². The zero-order chi connectivity index (χ0) is 22.4. The molecule has 0 fully saturated rings. The minimum Gasteiger partial charge on any atom is -0.488 e. The van der Waals surface area contributed by atoms with Crippen LogP contribution in [0.5, 0.6) is 5.75 Å². The monoisotopic (exact) mass is 546 g/mol. The molecule has 0 aliphatic heterocycles. The third kappa shape index (κ3) is 5.84. The van der Waals surface area contributed by atoms with E-state index in [1.54, 1.807) is 61.5 Å². The van der Waals surface area contributed by atoms with E-state index >= 15 is 0 Å². The van der Waals surface area contributed by atoms with Crippen molar-refractivity contribution >= 4 is 51.9 Å². The molecule has 0 aliphatic rings. The molecule has 0 heterocycles. The molecule has 156 valence electrons. The largest absolute Gasteiger partial charge is 0.488 e. The fourth-order valence-electron chi connectivity index (χ4n) is 2.74. The Morgan fingerprint density at radius 2 is 2.00 bits per heavy atom. The summed E-state index contributed by atoms with van der Waals surface area (Å²) < 4.78 is 20.2. The molecule has 0 spiro atoms. The van der Waals surface area contributed by atoms with E-state index in [1.165, 1.54) is 12.1 Å². The van der Waals surface area contributed by atoms with Crippen molar-refractivity contribution in [3.05, 3.63) is 97.3 Å². The van der Waals surface area contributed by atoms with Gasteiger partial charge in [-0.2, -0.15) is 5.26 Å². The second-order valence-electron chi connectivity index (χ2n) is 6.61. The average molecular weight is 547 g/mol. The number of ether oxygens (including phenoxy) is 1. The summed E-state index contributed by atoms with van der Waals surface area (Å²) in [5.74, 6) is -0.266. The molecule has 0 atom stereocenters. The number of carbonyl (C=O) groups excluding carboxylic acids is 1. The van der Waals surface area contributed by atoms with E-state index in [9.17, 15) is 14.4 Å². The molecule has 0 aliphatic carbocycles. The minimum atomic E-state index is -0.525. The van der Waals surface area contributed by atoms with Crippen molar-refractivity contribution in [1.29, 1.82) is 5.26 Å². The van der Waals surface area contributed by atoms with Gasteiger partial charge in [-0.25, -0.2) is 4.39 Å². The van der Waals surface area contributed by atoms with E-state index in [1.807, 2.05) is 6.07 Å². The first kappa shape index (κ1) is 22.8. The Hall–Kier alpha value is -2.89. The van der Waals surface area contributed by atoms with Crippen LogP contribution in [-0.4, -0.2) is 5.91 Å². The fraction of sp³-hybridized carbons (Fsp3) is 0.0833. The summed E-state index contributed by atoms with van der Waals surface area (Å²) in [4.78, 5) is 12.5. The van der Waals surface area contributed by atoms with E-state index in [4.69, 9.17) is 16.3 Å². The van der Waals surface area contributed by atoms with E-state index in [2.05, 4.69) is 27.9 Å². The number of benzene rings is 3. The van der Waals surface area contributed by atoms with Crippen molar-refractivity contribution in [2.45, 2.75) is 13.5 Å². The molecule has 3 aromatic rings. The summed E-state index contributed by atoms with van der Waals surface area (Å²) >= 11 is 8.18. The lowest BCUT2D eigenvalue weighted by Gasteiger charge is -2.10. The zero-order valence-electron chi connectivity index (χ0n) is 16.5. The number of carbonyl (C=O) groups is 1. The molecule has 1 N–H and O–H groups in total. The smallest absolute Gasteiger partial charge is 0.266 e. The van der Waals surface area contributed by atoms with Crippen LogP contribution in [0.3, 0.4) is 0 Å². The number of halogens is 3. The Bertz CT molecular complexity index is 1200. The Morgan fingerprint density at radius 3 is 2.71 bits per heavy atom. The van der Waals surface area contributed by atoms with Crippen LogP contribution in [0, 0.1) is 27.6 Å². The van der Waals surface area contributed by atoms with Crippen LogP contribution in [0.4, 0.5) is 10.1 Å². The van der Waals surface area contributed by atoms with Gasteiger partial charge in [-0.3, -0.25) is 4.79 Å². The zero-order valence-corrected chi connectivity index (χ0v) is 19.4. The highest BCUT2D eigenvalue weighted by atomic mass is 127. The molecule has 0 saturated carbocycles. The molecular formula is C24H17ClFIN2O2. The van der Waals surface area contributed by atoms with Crippen LogP contribution >= 0.6 is 34.2 Å². The van der Waals surface area contributed by atoms with Crippen LogP contribution in [-0.2, 0) is 11.4 Å². The molecule has 0 radical (unpaired) electrons. The van der Waals surface area contributed by atoms with Gasteiger partial charge in [0.15, 0.2) is 0 Å². The number of nitriles is 1. The normalized spacial score (nSPS) is 11.0. The molecular weight excluding hydrogens is 530 g/mol. The van der Waals surface area contributed by atoms with Crippen molar-refractivity contribution < 1.29 is 13.9 Å². The first-order valence-corrected chi connectivity index (χ1v) is 10.7. The molecule has 3 aromatic carbocycles. The predicted molar refractivity (Wildman–Crippen MR) is 128 cm³/mol. The number of hydrogen-bond acceptors (Lipinski definition) is 3. The number of amides is 1. The van der Waals surface area contributed by atoms with Crippen LogP contribution in [0.1, 0.15) is 16.7 Å². The van der Waals surface area contributed by atoms with Crippen LogP contribution < -0.4 is 10.1 Å². The predicted octanol–water partition coefficient (Wildman–Crippen LogP) is 6.52. The maximum absolute atomic E-state index is 13.8. The van der Waals surface area contributed by atoms with Gasteiger partial charge in [0, 0.05) is 16.3 Å². The topological polar surface area (TPSA) is 62.1 Å². The van der Waals surface area contributed by atoms with Gasteiger partial charge >= 0.3 is 0 Å². The van der Waals surface area contributed by atoms with Crippen LogP contribution in [0.25, 0.3) is 6.08 Å². The van der Waals surface area contributed by atoms with E-state index < -0.39 is 5.91 Å². The maximum Gasteiger partial charge on any atom is 0.266 e. The molecule has 7 heteroatoms. The summed E-state index contributed by atoms with van der Waals surface area (Å²) in [5, 5.41) is 12.7. The lowest BCUT2D eigenvalue weighted by Crippen LogP contribution is -2.14. The number of rotatable bonds is 6. The molecule has 0 aromatic heterocycles. The summed E-state index contributed by atoms with van der Waals surface area (Å²) in [6, 6.07) is 18.8. The molecule has 0 bridgehead atoms. The lowest BCUT2D eigenvalue weighted by molar-refractivity contribution is -0.112. The summed E-state index contributed by atoms with van der Waals surface area (Å²) in [5.41, 5.74) is 2.35. The van der Waals surface area contributed by atoms with Gasteiger partial charge in [0.25, 0.3) is 5.91 Å². The maximum atomic E-state index is 13.8. The van der Waals surface area contributed by atoms with E-state index in [0.717, 1.165) is 9.13 Å². The van der Waals surface area contributed by atoms with E-state index in [-0.39, 0.29) is 18.0 Å². The summed E-state index contributed by atoms with van der Waals surface area (Å²) in [6.07, 6.45) is 1.50. The second kappa shape index (κ2) is 10.4. The lowest BCUT2D eigenvalue weighted by atomic mass is 10.1. The Morgan fingerprint density at radius 1 is 1.23 bits per heavy atom. The summed E-state index contributed by atoms with van der Waals surface area (Å²) in [7, 11) is 0. The van der Waals surface area contributed by atoms with Gasteiger partial charge in [-0.1, -0.05) is 41.9 Å². The number of anilines is 1. The van der Waals surface area contributed by atoms with Crippen molar-refractivity contribution in [2.75, 3.05) is 5.32 Å². The second-order valence-corrected chi connectivity index (χ2v) is 8.18. The van der Waals surface area contributed by atoms with Crippen LogP contribution in [0.15, 0.2) is 66.2 Å². The molecule has 1 amide bonds. The van der Waals surface area contributed by atoms with E-state index in [0.29, 0.717) is 27.6 Å². The first-order valence-electron chi connectivity index (χ1n) is 9.23. The minimum absolute atomic E-state index is 0.0461. The van der Waals surface area contributed by atoms with Gasteiger partial charge in [0.1, 0.15) is 29.8 Å².